The summed E-state index contributed by atoms with van der Waals surface area (Å²) in [6.45, 7) is 2.16. The van der Waals surface area contributed by atoms with E-state index in [1.807, 2.05) is 6.20 Å². The molecular formula is C24H25F3N2O5S. The van der Waals surface area contributed by atoms with Gasteiger partial charge in [0.1, 0.15) is 12.3 Å². The maximum absolute atomic E-state index is 12.2. The van der Waals surface area contributed by atoms with Crippen LogP contribution in [0.25, 0.3) is 11.1 Å². The van der Waals surface area contributed by atoms with Gasteiger partial charge in [0.25, 0.3) is 0 Å². The summed E-state index contributed by atoms with van der Waals surface area (Å²) in [5.41, 5.74) is 3.44. The maximum Gasteiger partial charge on any atom is 0.573 e. The molecule has 1 unspecified atom stereocenters. The Morgan fingerprint density at radius 3 is 2.46 bits per heavy atom. The monoisotopic (exact) mass is 510 g/mol. The highest BCUT2D eigenvalue weighted by Crippen LogP contribution is 2.31. The molecule has 7 nitrogen and oxygen atoms in total. The van der Waals surface area contributed by atoms with Crippen LogP contribution in [-0.4, -0.2) is 41.9 Å². The van der Waals surface area contributed by atoms with Crippen molar-refractivity contribution in [3.05, 3.63) is 66.0 Å². The van der Waals surface area contributed by atoms with Crippen LogP contribution in [0, 0.1) is 0 Å². The van der Waals surface area contributed by atoms with Gasteiger partial charge >= 0.3 is 12.3 Å². The fourth-order valence-electron chi connectivity index (χ4n) is 3.87. The standard InChI is InChI=1S/C14H11F3O3S.C10H14N2O2/c1-21(18,19)13-7-5-10(6-8-13)11-3-2-4-12(9-11)20-14(15,16)17;1-7-3-2-4-9-8(7)5-11-12(9)6-10(13)14/h2-9H,1H3;5,7H,2-4,6H2,1H3,(H,13,14). The lowest BCUT2D eigenvalue weighted by atomic mass is 9.89. The van der Waals surface area contributed by atoms with Crippen LogP contribution >= 0.6 is 0 Å². The van der Waals surface area contributed by atoms with Crippen LogP contribution in [-0.2, 0) is 27.6 Å². The Bertz CT molecular complexity index is 1290. The average molecular weight is 511 g/mol. The fraction of sp³-hybridized carbons (Fsp3) is 0.333. The predicted octanol–water partition coefficient (Wildman–Crippen LogP) is 5.06. The zero-order valence-electron chi connectivity index (χ0n) is 19.1. The second-order valence-electron chi connectivity index (χ2n) is 8.26. The van der Waals surface area contributed by atoms with Crippen molar-refractivity contribution in [2.45, 2.75) is 49.9 Å². The van der Waals surface area contributed by atoms with Gasteiger partial charge in [0, 0.05) is 11.9 Å². The normalized spacial score (nSPS) is 15.5. The first-order valence-corrected chi connectivity index (χ1v) is 12.7. The SMILES string of the molecule is CC1CCCc2c1cnn2CC(=O)O.CS(=O)(=O)c1ccc(-c2cccc(OC(F)(F)F)c2)cc1. The molecule has 0 bridgehead atoms. The first kappa shape index (κ1) is 26.3. The summed E-state index contributed by atoms with van der Waals surface area (Å²) in [4.78, 5) is 10.7. The van der Waals surface area contributed by atoms with Crippen molar-refractivity contribution in [3.8, 4) is 16.9 Å². The molecular weight excluding hydrogens is 485 g/mol. The van der Waals surface area contributed by atoms with Crippen molar-refractivity contribution in [2.75, 3.05) is 6.26 Å². The number of halogens is 3. The Morgan fingerprint density at radius 1 is 1.17 bits per heavy atom. The van der Waals surface area contributed by atoms with E-state index >= 15 is 0 Å². The predicted molar refractivity (Wildman–Crippen MR) is 123 cm³/mol. The van der Waals surface area contributed by atoms with Gasteiger partial charge in [-0.15, -0.1) is 13.2 Å². The van der Waals surface area contributed by atoms with Crippen molar-refractivity contribution >= 4 is 15.8 Å². The first-order chi connectivity index (χ1) is 16.3. The summed E-state index contributed by atoms with van der Waals surface area (Å²) in [7, 11) is -3.31. The number of nitrogens with zero attached hydrogens (tertiary/aromatic N) is 2. The molecule has 0 radical (unpaired) electrons. The lowest BCUT2D eigenvalue weighted by Crippen LogP contribution is -2.17. The van der Waals surface area contributed by atoms with E-state index in [0.29, 0.717) is 17.0 Å². The molecule has 3 aromatic rings. The molecule has 0 saturated carbocycles. The highest BCUT2D eigenvalue weighted by atomic mass is 32.2. The number of ether oxygens (including phenoxy) is 1. The molecule has 188 valence electrons. The van der Waals surface area contributed by atoms with Gasteiger partial charge in [-0.1, -0.05) is 31.2 Å². The number of carbonyl (C=O) groups is 1. The van der Waals surface area contributed by atoms with Crippen LogP contribution in [0.2, 0.25) is 0 Å². The third-order valence-electron chi connectivity index (χ3n) is 5.53. The molecule has 0 saturated heterocycles. The van der Waals surface area contributed by atoms with Crippen LogP contribution in [0.1, 0.15) is 36.9 Å². The van der Waals surface area contributed by atoms with Gasteiger partial charge in [-0.25, -0.2) is 8.42 Å². The molecule has 0 amide bonds. The number of benzene rings is 2. The Hall–Kier alpha value is -3.34. The number of sulfone groups is 1. The van der Waals surface area contributed by atoms with Crippen LogP contribution in [0.3, 0.4) is 0 Å². The molecule has 35 heavy (non-hydrogen) atoms. The number of rotatable bonds is 5. The third kappa shape index (κ3) is 7.32. The molecule has 1 atom stereocenters. The van der Waals surface area contributed by atoms with Crippen LogP contribution in [0.5, 0.6) is 5.75 Å². The number of carboxylic acid groups (broad SMARTS) is 1. The summed E-state index contributed by atoms with van der Waals surface area (Å²) >= 11 is 0. The number of aliphatic carboxylic acids is 1. The van der Waals surface area contributed by atoms with Crippen molar-refractivity contribution in [1.82, 2.24) is 9.78 Å². The van der Waals surface area contributed by atoms with E-state index in [-0.39, 0.29) is 17.2 Å². The average Bonchev–Trinajstić information content (AvgIpc) is 3.16. The summed E-state index contributed by atoms with van der Waals surface area (Å²) in [5.74, 6) is -0.623. The lowest BCUT2D eigenvalue weighted by molar-refractivity contribution is -0.274. The van der Waals surface area contributed by atoms with E-state index in [9.17, 15) is 26.4 Å². The lowest BCUT2D eigenvalue weighted by Gasteiger charge is -2.18. The molecule has 0 spiro atoms. The van der Waals surface area contributed by atoms with Gasteiger partial charge in [-0.05, 0) is 66.1 Å². The first-order valence-electron chi connectivity index (χ1n) is 10.8. The van der Waals surface area contributed by atoms with Crippen molar-refractivity contribution < 1.29 is 36.2 Å². The zero-order chi connectivity index (χ0) is 25.8. The zero-order valence-corrected chi connectivity index (χ0v) is 19.9. The summed E-state index contributed by atoms with van der Waals surface area (Å²) in [6.07, 6.45) is 1.44. The number of fused-ring (bicyclic) bond motifs is 1. The summed E-state index contributed by atoms with van der Waals surface area (Å²) < 4.78 is 64.7. The van der Waals surface area contributed by atoms with Gasteiger partial charge in [-0.2, -0.15) is 5.10 Å². The van der Waals surface area contributed by atoms with Crippen LogP contribution in [0.15, 0.2) is 59.6 Å². The number of hydrogen-bond donors (Lipinski definition) is 1. The second-order valence-corrected chi connectivity index (χ2v) is 10.3. The largest absolute Gasteiger partial charge is 0.573 e. The van der Waals surface area contributed by atoms with Crippen LogP contribution in [0.4, 0.5) is 13.2 Å². The smallest absolute Gasteiger partial charge is 0.480 e. The minimum Gasteiger partial charge on any atom is -0.480 e. The van der Waals surface area contributed by atoms with Gasteiger partial charge in [0.05, 0.1) is 11.1 Å². The van der Waals surface area contributed by atoms with E-state index in [0.717, 1.165) is 24.8 Å². The van der Waals surface area contributed by atoms with E-state index in [4.69, 9.17) is 5.11 Å². The summed E-state index contributed by atoms with van der Waals surface area (Å²) in [5, 5.41) is 12.8. The number of aromatic nitrogens is 2. The van der Waals surface area contributed by atoms with Gasteiger partial charge in [-0.3, -0.25) is 9.48 Å². The molecule has 0 aliphatic heterocycles. The second kappa shape index (κ2) is 10.5. The molecule has 0 fully saturated rings. The van der Waals surface area contributed by atoms with Gasteiger partial charge in [0.15, 0.2) is 9.84 Å². The van der Waals surface area contributed by atoms with E-state index in [1.54, 1.807) is 10.7 Å². The van der Waals surface area contributed by atoms with E-state index < -0.39 is 22.2 Å². The molecule has 2 aromatic carbocycles. The summed E-state index contributed by atoms with van der Waals surface area (Å²) in [6, 6.07) is 11.3. The fourth-order valence-corrected chi connectivity index (χ4v) is 4.50. The number of alkyl halides is 3. The molecule has 11 heteroatoms. The van der Waals surface area contributed by atoms with E-state index in [1.165, 1.54) is 54.4 Å². The minimum atomic E-state index is -4.75. The van der Waals surface area contributed by atoms with Crippen LogP contribution < -0.4 is 4.74 Å². The molecule has 1 heterocycles. The Kier molecular flexibility index (Phi) is 7.89. The molecule has 1 aliphatic rings. The number of hydrogen-bond acceptors (Lipinski definition) is 5. The Balaban J connectivity index is 0.000000211. The highest BCUT2D eigenvalue weighted by Gasteiger charge is 2.31. The molecule has 1 aliphatic carbocycles. The van der Waals surface area contributed by atoms with Gasteiger partial charge in [0.2, 0.25) is 0 Å². The molecule has 1 N–H and O–H groups in total. The molecule has 4 rings (SSSR count). The topological polar surface area (TPSA) is 98.5 Å². The van der Waals surface area contributed by atoms with Crippen molar-refractivity contribution in [2.24, 2.45) is 0 Å². The Morgan fingerprint density at radius 2 is 1.86 bits per heavy atom. The minimum absolute atomic E-state index is 0.0119. The molecule has 1 aromatic heterocycles. The van der Waals surface area contributed by atoms with E-state index in [2.05, 4.69) is 16.8 Å². The quantitative estimate of drug-likeness (QED) is 0.515. The van der Waals surface area contributed by atoms with Crippen molar-refractivity contribution in [1.29, 1.82) is 0 Å². The van der Waals surface area contributed by atoms with Gasteiger partial charge < -0.3 is 9.84 Å². The van der Waals surface area contributed by atoms with Crippen molar-refractivity contribution in [3.63, 3.8) is 0 Å². The highest BCUT2D eigenvalue weighted by molar-refractivity contribution is 7.90. The third-order valence-corrected chi connectivity index (χ3v) is 6.66. The maximum atomic E-state index is 12.2. The Labute approximate surface area is 201 Å². The number of carboxylic acids is 1.